The van der Waals surface area contributed by atoms with E-state index >= 15 is 0 Å². The maximum atomic E-state index is 2.59. The minimum Gasteiger partial charge on any atom is -0.303 e. The molecule has 2 rings (SSSR count). The highest BCUT2D eigenvalue weighted by Crippen LogP contribution is 2.37. The molecule has 1 aromatic carbocycles. The Balaban J connectivity index is 1.81. The number of aryl methyl sites for hydroxylation is 1. The van der Waals surface area contributed by atoms with Gasteiger partial charge in [-0.05, 0) is 62.6 Å². The van der Waals surface area contributed by atoms with E-state index in [0.29, 0.717) is 5.41 Å². The Morgan fingerprint density at radius 1 is 1.15 bits per heavy atom. The van der Waals surface area contributed by atoms with Crippen molar-refractivity contribution in [2.24, 2.45) is 11.3 Å². The molecule has 2 atom stereocenters. The number of rotatable bonds is 4. The molecule has 1 aromatic rings. The second kappa shape index (κ2) is 6.76. The molecule has 1 aliphatic heterocycles. The summed E-state index contributed by atoms with van der Waals surface area (Å²) >= 11 is 0. The van der Waals surface area contributed by atoms with Gasteiger partial charge in [0.1, 0.15) is 0 Å². The van der Waals surface area contributed by atoms with Gasteiger partial charge in [0.2, 0.25) is 0 Å². The Morgan fingerprint density at radius 2 is 1.85 bits per heavy atom. The third-order valence-electron chi connectivity index (χ3n) is 5.08. The lowest BCUT2D eigenvalue weighted by Crippen LogP contribution is -2.43. The molecule has 20 heavy (non-hydrogen) atoms. The van der Waals surface area contributed by atoms with E-state index in [4.69, 9.17) is 0 Å². The molecule has 1 unspecified atom stereocenters. The molecule has 1 nitrogen and oxygen atoms in total. The van der Waals surface area contributed by atoms with Crippen molar-refractivity contribution in [2.75, 3.05) is 13.6 Å². The summed E-state index contributed by atoms with van der Waals surface area (Å²) < 4.78 is 0. The van der Waals surface area contributed by atoms with Crippen LogP contribution in [-0.4, -0.2) is 24.5 Å². The number of benzene rings is 1. The molecular weight excluding hydrogens is 242 g/mol. The number of hydrogen-bond donors (Lipinski definition) is 0. The molecule has 0 N–H and O–H groups in total. The van der Waals surface area contributed by atoms with E-state index in [-0.39, 0.29) is 0 Å². The minimum absolute atomic E-state index is 0.471. The highest BCUT2D eigenvalue weighted by atomic mass is 15.1. The number of likely N-dealkylation sites (tertiary alicyclic amines) is 1. The van der Waals surface area contributed by atoms with Crippen LogP contribution >= 0.6 is 0 Å². The van der Waals surface area contributed by atoms with E-state index < -0.39 is 0 Å². The summed E-state index contributed by atoms with van der Waals surface area (Å²) in [5.74, 6) is 0.889. The largest absolute Gasteiger partial charge is 0.303 e. The lowest BCUT2D eigenvalue weighted by Gasteiger charge is -2.42. The summed E-state index contributed by atoms with van der Waals surface area (Å²) in [5, 5.41) is 0. The van der Waals surface area contributed by atoms with Crippen molar-refractivity contribution < 1.29 is 0 Å². The van der Waals surface area contributed by atoms with E-state index in [9.17, 15) is 0 Å². The van der Waals surface area contributed by atoms with E-state index in [2.05, 4.69) is 63.1 Å². The van der Waals surface area contributed by atoms with Crippen molar-refractivity contribution >= 4 is 0 Å². The molecule has 112 valence electrons. The molecule has 0 amide bonds. The molecular formula is C19H31N. The maximum Gasteiger partial charge on any atom is 0.00951 e. The second-order valence-corrected chi connectivity index (χ2v) is 7.60. The van der Waals surface area contributed by atoms with Crippen LogP contribution in [0, 0.1) is 11.3 Å². The zero-order valence-electron chi connectivity index (χ0n) is 13.7. The van der Waals surface area contributed by atoms with Gasteiger partial charge in [0.25, 0.3) is 0 Å². The first kappa shape index (κ1) is 15.6. The van der Waals surface area contributed by atoms with Gasteiger partial charge in [-0.2, -0.15) is 0 Å². The average Bonchev–Trinajstić information content (AvgIpc) is 2.41. The van der Waals surface area contributed by atoms with E-state index in [1.807, 2.05) is 0 Å². The summed E-state index contributed by atoms with van der Waals surface area (Å²) in [4.78, 5) is 2.59. The fourth-order valence-electron chi connectivity index (χ4n) is 3.48. The molecule has 0 radical (unpaired) electrons. The van der Waals surface area contributed by atoms with Gasteiger partial charge in [0.05, 0.1) is 0 Å². The Labute approximate surface area is 125 Å². The summed E-state index contributed by atoms with van der Waals surface area (Å²) in [6.45, 7) is 8.50. The van der Waals surface area contributed by atoms with Crippen LogP contribution in [0.3, 0.4) is 0 Å². The van der Waals surface area contributed by atoms with Gasteiger partial charge in [-0.25, -0.2) is 0 Å². The van der Waals surface area contributed by atoms with E-state index in [0.717, 1.165) is 12.0 Å². The Bertz CT molecular complexity index is 390. The zero-order valence-corrected chi connectivity index (χ0v) is 13.7. The van der Waals surface area contributed by atoms with Crippen molar-refractivity contribution in [1.29, 1.82) is 0 Å². The maximum absolute atomic E-state index is 2.59. The molecule has 1 heteroatoms. The van der Waals surface area contributed by atoms with Crippen molar-refractivity contribution in [3.63, 3.8) is 0 Å². The highest BCUT2D eigenvalue weighted by Gasteiger charge is 2.32. The van der Waals surface area contributed by atoms with Crippen molar-refractivity contribution in [2.45, 2.75) is 58.9 Å². The van der Waals surface area contributed by atoms with Gasteiger partial charge in [0.15, 0.2) is 0 Å². The highest BCUT2D eigenvalue weighted by molar-refractivity contribution is 5.14. The number of nitrogens with zero attached hydrogens (tertiary/aromatic N) is 1. The van der Waals surface area contributed by atoms with Crippen LogP contribution in [0.15, 0.2) is 30.3 Å². The molecule has 1 saturated heterocycles. The predicted octanol–water partition coefficient (Wildman–Crippen LogP) is 4.77. The van der Waals surface area contributed by atoms with Crippen LogP contribution in [-0.2, 0) is 6.42 Å². The molecule has 0 spiro atoms. The standard InChI is InChI=1S/C19H31N/c1-19(2,3)17-13-14-20(4)18(15-17)12-8-11-16-9-6-5-7-10-16/h5-7,9-10,17-18H,8,11-15H2,1-4H3/t17-,18?/m1/s1. The Kier molecular flexibility index (Phi) is 5.26. The number of piperidine rings is 1. The van der Waals surface area contributed by atoms with Crippen LogP contribution in [0.2, 0.25) is 0 Å². The lowest BCUT2D eigenvalue weighted by molar-refractivity contribution is 0.0746. The van der Waals surface area contributed by atoms with Crippen molar-refractivity contribution in [3.8, 4) is 0 Å². The topological polar surface area (TPSA) is 3.24 Å². The Morgan fingerprint density at radius 3 is 2.50 bits per heavy atom. The van der Waals surface area contributed by atoms with Crippen LogP contribution in [0.1, 0.15) is 52.0 Å². The predicted molar refractivity (Wildman–Crippen MR) is 88.0 cm³/mol. The molecule has 1 aliphatic rings. The molecule has 0 saturated carbocycles. The smallest absolute Gasteiger partial charge is 0.00951 e. The van der Waals surface area contributed by atoms with E-state index in [1.165, 1.54) is 44.2 Å². The molecule has 1 fully saturated rings. The third kappa shape index (κ3) is 4.34. The first-order valence-corrected chi connectivity index (χ1v) is 8.21. The summed E-state index contributed by atoms with van der Waals surface area (Å²) in [6.07, 6.45) is 6.64. The van der Waals surface area contributed by atoms with Crippen molar-refractivity contribution in [3.05, 3.63) is 35.9 Å². The molecule has 0 bridgehead atoms. The summed E-state index contributed by atoms with van der Waals surface area (Å²) in [6, 6.07) is 11.7. The minimum atomic E-state index is 0.471. The fourth-order valence-corrected chi connectivity index (χ4v) is 3.48. The monoisotopic (exact) mass is 273 g/mol. The number of hydrogen-bond acceptors (Lipinski definition) is 1. The van der Waals surface area contributed by atoms with Gasteiger partial charge in [0, 0.05) is 6.04 Å². The summed E-state index contributed by atoms with van der Waals surface area (Å²) in [7, 11) is 2.31. The lowest BCUT2D eigenvalue weighted by atomic mass is 9.72. The van der Waals surface area contributed by atoms with Gasteiger partial charge in [-0.15, -0.1) is 0 Å². The normalized spacial score (nSPS) is 24.8. The molecule has 1 heterocycles. The van der Waals surface area contributed by atoms with Crippen LogP contribution in [0.25, 0.3) is 0 Å². The van der Waals surface area contributed by atoms with Gasteiger partial charge >= 0.3 is 0 Å². The fraction of sp³-hybridized carbons (Fsp3) is 0.684. The Hall–Kier alpha value is -0.820. The average molecular weight is 273 g/mol. The van der Waals surface area contributed by atoms with Crippen molar-refractivity contribution in [1.82, 2.24) is 4.90 Å². The SMILES string of the molecule is CN1CC[C@@H](C(C)(C)C)CC1CCCc1ccccc1. The summed E-state index contributed by atoms with van der Waals surface area (Å²) in [5.41, 5.74) is 1.96. The van der Waals surface area contributed by atoms with Crippen LogP contribution < -0.4 is 0 Å². The molecule has 0 aromatic heterocycles. The molecule has 0 aliphatic carbocycles. The van der Waals surface area contributed by atoms with Gasteiger partial charge in [-0.3, -0.25) is 0 Å². The van der Waals surface area contributed by atoms with Crippen LogP contribution in [0.4, 0.5) is 0 Å². The first-order valence-electron chi connectivity index (χ1n) is 8.21. The zero-order chi connectivity index (χ0) is 14.6. The van der Waals surface area contributed by atoms with Gasteiger partial charge in [-0.1, -0.05) is 51.1 Å². The first-order chi connectivity index (χ1) is 9.47. The van der Waals surface area contributed by atoms with Gasteiger partial charge < -0.3 is 4.90 Å². The quantitative estimate of drug-likeness (QED) is 0.764. The second-order valence-electron chi connectivity index (χ2n) is 7.60. The third-order valence-corrected chi connectivity index (χ3v) is 5.08. The van der Waals surface area contributed by atoms with Crippen LogP contribution in [0.5, 0.6) is 0 Å². The van der Waals surface area contributed by atoms with E-state index in [1.54, 1.807) is 0 Å².